The quantitative estimate of drug-likeness (QED) is 0.472. The van der Waals surface area contributed by atoms with Crippen LogP contribution in [0.5, 0.6) is 0 Å². The standard InChI is InChI=1S/C25H26FN5O/c1-14(24-30-21-12-22(25(32)27-2)29-13-23(21)31-24)15-3-5-16(6-4-15)18-9-10-28-20-8-7-17(26)11-19(18)20/h7-16H,3-6H2,1-2H3,(H,27,32)(H,30,31). The number of pyridine rings is 2. The Morgan fingerprint density at radius 3 is 2.72 bits per heavy atom. The van der Waals surface area contributed by atoms with Gasteiger partial charge in [0, 0.05) is 24.5 Å². The fraction of sp³-hybridized carbons (Fsp3) is 0.360. The molecule has 1 saturated carbocycles. The summed E-state index contributed by atoms with van der Waals surface area (Å²) in [5.74, 6) is 1.73. The molecule has 3 heterocycles. The van der Waals surface area contributed by atoms with Crippen LogP contribution < -0.4 is 5.32 Å². The highest BCUT2D eigenvalue weighted by molar-refractivity contribution is 5.94. The number of aromatic nitrogens is 4. The third-order valence-electron chi connectivity index (χ3n) is 6.93. The Labute approximate surface area is 185 Å². The first-order valence-electron chi connectivity index (χ1n) is 11.2. The topological polar surface area (TPSA) is 83.6 Å². The van der Waals surface area contributed by atoms with Crippen molar-refractivity contribution >= 4 is 27.8 Å². The van der Waals surface area contributed by atoms with E-state index < -0.39 is 0 Å². The van der Waals surface area contributed by atoms with Gasteiger partial charge >= 0.3 is 0 Å². The van der Waals surface area contributed by atoms with Gasteiger partial charge in [0.1, 0.15) is 22.9 Å². The summed E-state index contributed by atoms with van der Waals surface area (Å²) in [7, 11) is 1.59. The number of nitrogens with zero attached hydrogens (tertiary/aromatic N) is 3. The molecule has 1 fully saturated rings. The van der Waals surface area contributed by atoms with Gasteiger partial charge < -0.3 is 10.3 Å². The summed E-state index contributed by atoms with van der Waals surface area (Å²) in [6.45, 7) is 2.22. The van der Waals surface area contributed by atoms with Crippen molar-refractivity contribution in [1.82, 2.24) is 25.3 Å². The Morgan fingerprint density at radius 2 is 1.94 bits per heavy atom. The van der Waals surface area contributed by atoms with E-state index in [0.29, 0.717) is 17.5 Å². The number of amides is 1. The average molecular weight is 432 g/mol. The van der Waals surface area contributed by atoms with Crippen LogP contribution in [0.15, 0.2) is 42.7 Å². The molecule has 2 N–H and O–H groups in total. The van der Waals surface area contributed by atoms with Gasteiger partial charge in [-0.2, -0.15) is 0 Å². The van der Waals surface area contributed by atoms with Crippen molar-refractivity contribution in [1.29, 1.82) is 0 Å². The maximum Gasteiger partial charge on any atom is 0.269 e. The highest BCUT2D eigenvalue weighted by Gasteiger charge is 2.29. The van der Waals surface area contributed by atoms with Gasteiger partial charge in [0.15, 0.2) is 0 Å². The van der Waals surface area contributed by atoms with E-state index in [9.17, 15) is 9.18 Å². The molecular formula is C25H26FN5O. The first-order valence-corrected chi connectivity index (χ1v) is 11.2. The van der Waals surface area contributed by atoms with Crippen molar-refractivity contribution in [2.24, 2.45) is 5.92 Å². The lowest BCUT2D eigenvalue weighted by atomic mass is 9.73. The van der Waals surface area contributed by atoms with E-state index in [1.807, 2.05) is 12.3 Å². The number of imidazole rings is 1. The molecule has 32 heavy (non-hydrogen) atoms. The van der Waals surface area contributed by atoms with E-state index in [1.54, 1.807) is 31.4 Å². The number of fused-ring (bicyclic) bond motifs is 2. The van der Waals surface area contributed by atoms with Crippen molar-refractivity contribution in [3.05, 3.63) is 65.6 Å². The third-order valence-corrected chi connectivity index (χ3v) is 6.93. The number of halogens is 1. The Bertz CT molecular complexity index is 1290. The van der Waals surface area contributed by atoms with Crippen LogP contribution in [0.1, 0.15) is 66.3 Å². The summed E-state index contributed by atoms with van der Waals surface area (Å²) < 4.78 is 13.9. The molecule has 7 heteroatoms. The van der Waals surface area contributed by atoms with Crippen molar-refractivity contribution < 1.29 is 9.18 Å². The largest absolute Gasteiger partial charge is 0.354 e. The molecule has 1 amide bonds. The molecule has 0 bridgehead atoms. The van der Waals surface area contributed by atoms with Crippen LogP contribution in [0.2, 0.25) is 0 Å². The number of carbonyl (C=O) groups excluding carboxylic acids is 1. The smallest absolute Gasteiger partial charge is 0.269 e. The second-order valence-electron chi connectivity index (χ2n) is 8.75. The van der Waals surface area contributed by atoms with E-state index >= 15 is 0 Å². The van der Waals surface area contributed by atoms with Crippen LogP contribution in [0.3, 0.4) is 0 Å². The molecule has 0 spiro atoms. The van der Waals surface area contributed by atoms with Gasteiger partial charge in [-0.25, -0.2) is 14.4 Å². The highest BCUT2D eigenvalue weighted by atomic mass is 19.1. The fourth-order valence-electron chi connectivity index (χ4n) is 5.05. The minimum absolute atomic E-state index is 0.210. The number of aromatic amines is 1. The lowest BCUT2D eigenvalue weighted by Crippen LogP contribution is -2.19. The normalized spacial score (nSPS) is 19.8. The van der Waals surface area contributed by atoms with E-state index in [0.717, 1.165) is 53.4 Å². The van der Waals surface area contributed by atoms with E-state index in [4.69, 9.17) is 4.98 Å². The average Bonchev–Trinajstić information content (AvgIpc) is 3.26. The Kier molecular flexibility index (Phi) is 5.33. The molecule has 1 aliphatic rings. The fourth-order valence-corrected chi connectivity index (χ4v) is 5.05. The second-order valence-corrected chi connectivity index (χ2v) is 8.75. The van der Waals surface area contributed by atoms with Gasteiger partial charge in [-0.05, 0) is 73.4 Å². The third kappa shape index (κ3) is 3.72. The molecule has 6 nitrogen and oxygen atoms in total. The number of benzene rings is 1. The predicted octanol–water partition coefficient (Wildman–Crippen LogP) is 5.08. The van der Waals surface area contributed by atoms with E-state index in [-0.39, 0.29) is 17.6 Å². The zero-order valence-corrected chi connectivity index (χ0v) is 18.2. The van der Waals surface area contributed by atoms with Gasteiger partial charge in [-0.3, -0.25) is 9.78 Å². The summed E-state index contributed by atoms with van der Waals surface area (Å²) in [6.07, 6.45) is 7.78. The Hall–Kier alpha value is -3.35. The molecule has 1 unspecified atom stereocenters. The number of hydrogen-bond donors (Lipinski definition) is 2. The summed E-state index contributed by atoms with van der Waals surface area (Å²) in [5.41, 5.74) is 4.05. The van der Waals surface area contributed by atoms with Crippen molar-refractivity contribution in [2.45, 2.75) is 44.4 Å². The first-order chi connectivity index (χ1) is 15.5. The zero-order chi connectivity index (χ0) is 22.2. The summed E-state index contributed by atoms with van der Waals surface area (Å²) >= 11 is 0. The summed E-state index contributed by atoms with van der Waals surface area (Å²) in [4.78, 5) is 28.6. The molecule has 164 valence electrons. The van der Waals surface area contributed by atoms with Gasteiger partial charge in [-0.15, -0.1) is 0 Å². The number of hydrogen-bond acceptors (Lipinski definition) is 4. The van der Waals surface area contributed by atoms with Crippen molar-refractivity contribution in [2.75, 3.05) is 7.05 Å². The maximum atomic E-state index is 13.9. The lowest BCUT2D eigenvalue weighted by molar-refractivity contribution is 0.0958. The Balaban J connectivity index is 1.32. The summed E-state index contributed by atoms with van der Waals surface area (Å²) in [6, 6.07) is 8.64. The molecule has 0 radical (unpaired) electrons. The second kappa shape index (κ2) is 8.30. The molecule has 1 aromatic carbocycles. The van der Waals surface area contributed by atoms with Crippen LogP contribution in [0.4, 0.5) is 4.39 Å². The van der Waals surface area contributed by atoms with Crippen LogP contribution in [0.25, 0.3) is 21.9 Å². The summed E-state index contributed by atoms with van der Waals surface area (Å²) in [5, 5.41) is 3.53. The maximum absolute atomic E-state index is 13.9. The van der Waals surface area contributed by atoms with Gasteiger partial charge in [0.05, 0.1) is 17.2 Å². The van der Waals surface area contributed by atoms with Crippen molar-refractivity contribution in [3.8, 4) is 0 Å². The number of nitrogens with one attached hydrogen (secondary N) is 2. The van der Waals surface area contributed by atoms with Crippen LogP contribution >= 0.6 is 0 Å². The molecule has 4 aromatic rings. The SMILES string of the molecule is CNC(=O)c1cc2[nH]c(C(C)C3CCC(c4ccnc5ccc(F)cc45)CC3)nc2cn1. The van der Waals surface area contributed by atoms with Crippen LogP contribution in [-0.2, 0) is 0 Å². The Morgan fingerprint density at radius 1 is 1.12 bits per heavy atom. The zero-order valence-electron chi connectivity index (χ0n) is 18.2. The molecule has 0 aliphatic heterocycles. The first kappa shape index (κ1) is 20.5. The predicted molar refractivity (Wildman–Crippen MR) is 122 cm³/mol. The lowest BCUT2D eigenvalue weighted by Gasteiger charge is -2.32. The minimum Gasteiger partial charge on any atom is -0.354 e. The number of carbonyl (C=O) groups is 1. The van der Waals surface area contributed by atoms with E-state index in [1.165, 1.54) is 11.6 Å². The van der Waals surface area contributed by atoms with Crippen LogP contribution in [-0.4, -0.2) is 32.9 Å². The van der Waals surface area contributed by atoms with E-state index in [2.05, 4.69) is 27.2 Å². The van der Waals surface area contributed by atoms with Crippen LogP contribution in [0, 0.1) is 11.7 Å². The number of rotatable bonds is 4. The van der Waals surface area contributed by atoms with Gasteiger partial charge in [-0.1, -0.05) is 6.92 Å². The molecular weight excluding hydrogens is 405 g/mol. The molecule has 3 aromatic heterocycles. The highest BCUT2D eigenvalue weighted by Crippen LogP contribution is 2.42. The number of H-pyrrole nitrogens is 1. The molecule has 5 rings (SSSR count). The van der Waals surface area contributed by atoms with Crippen molar-refractivity contribution in [3.63, 3.8) is 0 Å². The minimum atomic E-state index is -0.215. The monoisotopic (exact) mass is 431 g/mol. The van der Waals surface area contributed by atoms with Gasteiger partial charge in [0.25, 0.3) is 5.91 Å². The van der Waals surface area contributed by atoms with Gasteiger partial charge in [0.2, 0.25) is 0 Å². The molecule has 1 aliphatic carbocycles. The molecule has 0 saturated heterocycles. The molecule has 1 atom stereocenters.